The second kappa shape index (κ2) is 5.88. The van der Waals surface area contributed by atoms with Crippen LogP contribution in [0.15, 0.2) is 12.3 Å². The zero-order valence-electron chi connectivity index (χ0n) is 8.72. The van der Waals surface area contributed by atoms with Crippen LogP contribution >= 0.6 is 12.4 Å². The first-order valence-corrected chi connectivity index (χ1v) is 5.17. The molecule has 84 valence electrons. The summed E-state index contributed by atoms with van der Waals surface area (Å²) in [6.45, 7) is 2.86. The van der Waals surface area contributed by atoms with Crippen molar-refractivity contribution < 1.29 is 0 Å². The first-order valence-electron chi connectivity index (χ1n) is 5.17. The number of hydrogen-bond donors (Lipinski definition) is 1. The van der Waals surface area contributed by atoms with Gasteiger partial charge in [0.2, 0.25) is 0 Å². The van der Waals surface area contributed by atoms with E-state index in [4.69, 9.17) is 5.73 Å². The molecule has 0 spiro atoms. The normalized spacial score (nSPS) is 15.1. The van der Waals surface area contributed by atoms with Gasteiger partial charge < -0.3 is 10.6 Å². The number of nitrogens with zero attached hydrogens (tertiary/aromatic N) is 3. The van der Waals surface area contributed by atoms with Gasteiger partial charge in [0.15, 0.2) is 0 Å². The fraction of sp³-hybridized carbons (Fsp3) is 0.600. The van der Waals surface area contributed by atoms with Gasteiger partial charge >= 0.3 is 0 Å². The number of aromatic nitrogens is 2. The molecule has 1 saturated heterocycles. The van der Waals surface area contributed by atoms with E-state index in [2.05, 4.69) is 14.9 Å². The van der Waals surface area contributed by atoms with E-state index in [0.717, 1.165) is 31.2 Å². The van der Waals surface area contributed by atoms with Gasteiger partial charge in [0.25, 0.3) is 0 Å². The van der Waals surface area contributed by atoms with E-state index in [1.165, 1.54) is 12.8 Å². The highest BCUT2D eigenvalue weighted by Crippen LogP contribution is 2.16. The standard InChI is InChI=1S/C10H16N4.ClH/c11-5-3-9-12-6-4-10(13-9)14-7-1-2-8-14;/h4,6H,1-3,5,7-8,11H2;1H. The smallest absolute Gasteiger partial charge is 0.132 e. The molecule has 0 saturated carbocycles. The predicted octanol–water partition coefficient (Wildman–Crippen LogP) is 1.000. The van der Waals surface area contributed by atoms with Gasteiger partial charge in [0.05, 0.1) is 0 Å². The Bertz CT molecular complexity index is 299. The highest BCUT2D eigenvalue weighted by molar-refractivity contribution is 5.85. The molecule has 1 aliphatic heterocycles. The molecule has 0 radical (unpaired) electrons. The summed E-state index contributed by atoms with van der Waals surface area (Å²) >= 11 is 0. The van der Waals surface area contributed by atoms with Crippen LogP contribution < -0.4 is 10.6 Å². The molecule has 2 N–H and O–H groups in total. The van der Waals surface area contributed by atoms with Gasteiger partial charge in [0, 0.05) is 25.7 Å². The van der Waals surface area contributed by atoms with Crippen molar-refractivity contribution in [1.29, 1.82) is 0 Å². The molecule has 0 aromatic carbocycles. The van der Waals surface area contributed by atoms with E-state index in [-0.39, 0.29) is 12.4 Å². The van der Waals surface area contributed by atoms with Gasteiger partial charge in [-0.2, -0.15) is 0 Å². The maximum atomic E-state index is 5.47. The van der Waals surface area contributed by atoms with Crippen molar-refractivity contribution in [2.24, 2.45) is 5.73 Å². The fourth-order valence-electron chi connectivity index (χ4n) is 1.76. The molecule has 1 aromatic rings. The summed E-state index contributed by atoms with van der Waals surface area (Å²) in [5.74, 6) is 1.91. The lowest BCUT2D eigenvalue weighted by Crippen LogP contribution is -2.20. The summed E-state index contributed by atoms with van der Waals surface area (Å²) in [4.78, 5) is 11.0. The minimum Gasteiger partial charge on any atom is -0.357 e. The SMILES string of the molecule is Cl.NCCc1nccc(N2CCCC2)n1. The molecule has 0 bridgehead atoms. The Kier molecular flexibility index (Phi) is 4.78. The van der Waals surface area contributed by atoms with Crippen molar-refractivity contribution in [2.45, 2.75) is 19.3 Å². The van der Waals surface area contributed by atoms with Crippen LogP contribution in [0.25, 0.3) is 0 Å². The maximum absolute atomic E-state index is 5.47. The zero-order chi connectivity index (χ0) is 9.80. The molecule has 4 nitrogen and oxygen atoms in total. The molecule has 15 heavy (non-hydrogen) atoms. The van der Waals surface area contributed by atoms with Crippen LogP contribution in [-0.4, -0.2) is 29.6 Å². The maximum Gasteiger partial charge on any atom is 0.132 e. The van der Waals surface area contributed by atoms with Gasteiger partial charge in [-0.05, 0) is 25.5 Å². The Morgan fingerprint density at radius 1 is 1.33 bits per heavy atom. The van der Waals surface area contributed by atoms with Gasteiger partial charge in [-0.3, -0.25) is 0 Å². The van der Waals surface area contributed by atoms with E-state index < -0.39 is 0 Å². The summed E-state index contributed by atoms with van der Waals surface area (Å²) in [5, 5.41) is 0. The monoisotopic (exact) mass is 228 g/mol. The lowest BCUT2D eigenvalue weighted by Gasteiger charge is -2.16. The molecule has 0 amide bonds. The Balaban J connectivity index is 0.00000112. The van der Waals surface area contributed by atoms with Crippen LogP contribution in [0.2, 0.25) is 0 Å². The van der Waals surface area contributed by atoms with E-state index in [0.29, 0.717) is 6.54 Å². The summed E-state index contributed by atoms with van der Waals surface area (Å²) in [7, 11) is 0. The molecule has 0 atom stereocenters. The van der Waals surface area contributed by atoms with Crippen molar-refractivity contribution >= 4 is 18.2 Å². The zero-order valence-corrected chi connectivity index (χ0v) is 9.54. The first-order chi connectivity index (χ1) is 6.90. The number of hydrogen-bond acceptors (Lipinski definition) is 4. The highest BCUT2D eigenvalue weighted by atomic mass is 35.5. The largest absolute Gasteiger partial charge is 0.357 e. The predicted molar refractivity (Wildman–Crippen MR) is 63.5 cm³/mol. The average molecular weight is 229 g/mol. The van der Waals surface area contributed by atoms with E-state index in [9.17, 15) is 0 Å². The van der Waals surface area contributed by atoms with E-state index >= 15 is 0 Å². The van der Waals surface area contributed by atoms with E-state index in [1.807, 2.05) is 12.3 Å². The fourth-order valence-corrected chi connectivity index (χ4v) is 1.76. The minimum atomic E-state index is 0. The van der Waals surface area contributed by atoms with Crippen molar-refractivity contribution in [3.63, 3.8) is 0 Å². The Morgan fingerprint density at radius 3 is 2.73 bits per heavy atom. The number of rotatable bonds is 3. The van der Waals surface area contributed by atoms with Gasteiger partial charge in [0.1, 0.15) is 11.6 Å². The average Bonchev–Trinajstić information content (AvgIpc) is 2.71. The van der Waals surface area contributed by atoms with Crippen LogP contribution in [0.4, 0.5) is 5.82 Å². The number of halogens is 1. The lowest BCUT2D eigenvalue weighted by molar-refractivity contribution is 0.842. The van der Waals surface area contributed by atoms with Gasteiger partial charge in [-0.15, -0.1) is 12.4 Å². The third kappa shape index (κ3) is 3.04. The van der Waals surface area contributed by atoms with Crippen molar-refractivity contribution in [3.8, 4) is 0 Å². The van der Waals surface area contributed by atoms with Crippen LogP contribution in [-0.2, 0) is 6.42 Å². The summed E-state index contributed by atoms with van der Waals surface area (Å²) in [5.41, 5.74) is 5.47. The lowest BCUT2D eigenvalue weighted by atomic mass is 10.4. The first kappa shape index (κ1) is 12.2. The molecule has 1 fully saturated rings. The summed E-state index contributed by atoms with van der Waals surface area (Å²) < 4.78 is 0. The second-order valence-corrected chi connectivity index (χ2v) is 3.56. The molecule has 1 aromatic heterocycles. The minimum absolute atomic E-state index is 0. The third-order valence-electron chi connectivity index (χ3n) is 2.49. The van der Waals surface area contributed by atoms with Gasteiger partial charge in [-0.25, -0.2) is 9.97 Å². The Morgan fingerprint density at radius 2 is 2.07 bits per heavy atom. The molecular formula is C10H17ClN4. The Labute approximate surface area is 96.3 Å². The summed E-state index contributed by atoms with van der Waals surface area (Å²) in [6.07, 6.45) is 5.14. The second-order valence-electron chi connectivity index (χ2n) is 3.56. The Hall–Kier alpha value is -0.870. The van der Waals surface area contributed by atoms with Crippen LogP contribution in [0.3, 0.4) is 0 Å². The van der Waals surface area contributed by atoms with Crippen molar-refractivity contribution in [3.05, 3.63) is 18.1 Å². The van der Waals surface area contributed by atoms with Gasteiger partial charge in [-0.1, -0.05) is 0 Å². The molecule has 2 heterocycles. The molecule has 0 unspecified atom stereocenters. The number of nitrogens with two attached hydrogens (primary N) is 1. The van der Waals surface area contributed by atoms with Crippen LogP contribution in [0, 0.1) is 0 Å². The highest BCUT2D eigenvalue weighted by Gasteiger charge is 2.13. The quantitative estimate of drug-likeness (QED) is 0.839. The van der Waals surface area contributed by atoms with E-state index in [1.54, 1.807) is 0 Å². The molecular weight excluding hydrogens is 212 g/mol. The number of anilines is 1. The topological polar surface area (TPSA) is 55.0 Å². The molecule has 0 aliphatic carbocycles. The molecule has 5 heteroatoms. The van der Waals surface area contributed by atoms with Crippen LogP contribution in [0.5, 0.6) is 0 Å². The third-order valence-corrected chi connectivity index (χ3v) is 2.49. The van der Waals surface area contributed by atoms with Crippen molar-refractivity contribution in [1.82, 2.24) is 9.97 Å². The van der Waals surface area contributed by atoms with Crippen molar-refractivity contribution in [2.75, 3.05) is 24.5 Å². The summed E-state index contributed by atoms with van der Waals surface area (Å²) in [6, 6.07) is 1.98. The molecule has 1 aliphatic rings. The van der Waals surface area contributed by atoms with Crippen LogP contribution in [0.1, 0.15) is 18.7 Å². The molecule has 2 rings (SSSR count).